The fraction of sp³-hybridized carbons (Fsp3) is 0.471. The van der Waals surface area contributed by atoms with Gasteiger partial charge >= 0.3 is 6.18 Å². The number of aliphatic hydroxyl groups excluding tert-OH is 1. The van der Waals surface area contributed by atoms with E-state index < -0.39 is 29.0 Å². The van der Waals surface area contributed by atoms with Crippen LogP contribution in [0.2, 0.25) is 0 Å². The molecule has 6 nitrogen and oxygen atoms in total. The number of allylic oxidation sites excluding steroid dienone is 2. The van der Waals surface area contributed by atoms with E-state index in [0.717, 1.165) is 6.07 Å². The van der Waals surface area contributed by atoms with Gasteiger partial charge in [-0.3, -0.25) is 9.59 Å². The van der Waals surface area contributed by atoms with Crippen LogP contribution < -0.4 is 0 Å². The Morgan fingerprint density at radius 2 is 2.00 bits per heavy atom. The van der Waals surface area contributed by atoms with Gasteiger partial charge in [-0.05, 0) is 18.6 Å². The Morgan fingerprint density at radius 3 is 2.62 bits per heavy atom. The average Bonchev–Trinajstić information content (AvgIpc) is 2.57. The van der Waals surface area contributed by atoms with Crippen molar-refractivity contribution < 1.29 is 37.3 Å². The Labute approximate surface area is 147 Å². The zero-order chi connectivity index (χ0) is 19.3. The van der Waals surface area contributed by atoms with E-state index in [9.17, 15) is 27.9 Å². The lowest BCUT2D eigenvalue weighted by molar-refractivity contribution is -0.141. The van der Waals surface area contributed by atoms with Crippen LogP contribution in [0.5, 0.6) is 0 Å². The van der Waals surface area contributed by atoms with Crippen LogP contribution in [0.15, 0.2) is 23.5 Å². The molecule has 0 spiro atoms. The van der Waals surface area contributed by atoms with Crippen LogP contribution in [-0.2, 0) is 27.1 Å². The zero-order valence-electron chi connectivity index (χ0n) is 14.1. The van der Waals surface area contributed by atoms with Gasteiger partial charge in [0, 0.05) is 25.5 Å². The Balaban J connectivity index is 2.39. The van der Waals surface area contributed by atoms with E-state index in [4.69, 9.17) is 9.47 Å². The molecule has 0 fully saturated rings. The predicted octanol–water partition coefficient (Wildman–Crippen LogP) is 3.01. The number of rotatable bonds is 7. The minimum atomic E-state index is -4.69. The summed E-state index contributed by atoms with van der Waals surface area (Å²) < 4.78 is 48.7. The molecule has 0 saturated carbocycles. The summed E-state index contributed by atoms with van der Waals surface area (Å²) in [6.07, 6.45) is -4.01. The number of hydrogen-bond donors (Lipinski definition) is 1. The number of ketones is 2. The largest absolute Gasteiger partial charge is 0.511 e. The van der Waals surface area contributed by atoms with Crippen molar-refractivity contribution in [2.75, 3.05) is 20.3 Å². The number of pyridine rings is 1. The number of methoxy groups -OCH3 is 1. The fourth-order valence-electron chi connectivity index (χ4n) is 2.51. The van der Waals surface area contributed by atoms with Crippen molar-refractivity contribution >= 4 is 11.6 Å². The van der Waals surface area contributed by atoms with Gasteiger partial charge in [0.1, 0.15) is 17.0 Å². The average molecular weight is 373 g/mol. The molecule has 1 aromatic heterocycles. The molecule has 1 aliphatic carbocycles. The Hall–Kier alpha value is -2.26. The van der Waals surface area contributed by atoms with Crippen LogP contribution in [0.25, 0.3) is 0 Å². The number of alkyl halides is 3. The smallest absolute Gasteiger partial charge is 0.433 e. The number of carbonyl (C=O) groups is 2. The Morgan fingerprint density at radius 1 is 1.27 bits per heavy atom. The van der Waals surface area contributed by atoms with E-state index in [1.165, 1.54) is 7.11 Å². The molecule has 142 valence electrons. The van der Waals surface area contributed by atoms with Crippen LogP contribution in [0.1, 0.15) is 41.0 Å². The summed E-state index contributed by atoms with van der Waals surface area (Å²) in [5.41, 5.74) is -2.02. The van der Waals surface area contributed by atoms with E-state index in [0.29, 0.717) is 12.5 Å². The van der Waals surface area contributed by atoms with Crippen molar-refractivity contribution in [3.63, 3.8) is 0 Å². The van der Waals surface area contributed by atoms with Gasteiger partial charge in [-0.1, -0.05) is 0 Å². The monoisotopic (exact) mass is 373 g/mol. The van der Waals surface area contributed by atoms with Gasteiger partial charge in [0.25, 0.3) is 0 Å². The summed E-state index contributed by atoms with van der Waals surface area (Å²) in [7, 11) is 1.44. The van der Waals surface area contributed by atoms with Crippen molar-refractivity contribution in [1.29, 1.82) is 0 Å². The van der Waals surface area contributed by atoms with Crippen LogP contribution in [-0.4, -0.2) is 42.0 Å². The van der Waals surface area contributed by atoms with Gasteiger partial charge in [-0.25, -0.2) is 4.98 Å². The third-order valence-electron chi connectivity index (χ3n) is 3.79. The second-order valence-electron chi connectivity index (χ2n) is 5.66. The summed E-state index contributed by atoms with van der Waals surface area (Å²) >= 11 is 0. The summed E-state index contributed by atoms with van der Waals surface area (Å²) in [4.78, 5) is 28.1. The van der Waals surface area contributed by atoms with Gasteiger partial charge < -0.3 is 14.6 Å². The van der Waals surface area contributed by atoms with Crippen LogP contribution in [0.3, 0.4) is 0 Å². The van der Waals surface area contributed by atoms with Gasteiger partial charge in [0.2, 0.25) is 5.78 Å². The molecule has 0 aliphatic heterocycles. The van der Waals surface area contributed by atoms with Crippen molar-refractivity contribution in [1.82, 2.24) is 4.98 Å². The van der Waals surface area contributed by atoms with E-state index in [1.807, 2.05) is 0 Å². The van der Waals surface area contributed by atoms with E-state index in [2.05, 4.69) is 4.98 Å². The molecule has 0 bridgehead atoms. The molecule has 0 aromatic carbocycles. The van der Waals surface area contributed by atoms with Crippen LogP contribution in [0, 0.1) is 0 Å². The molecule has 1 aliphatic rings. The lowest BCUT2D eigenvalue weighted by atomic mass is 9.90. The normalized spacial score (nSPS) is 15.5. The number of carbonyl (C=O) groups excluding carboxylic acids is 2. The maximum absolute atomic E-state index is 12.9. The molecule has 2 rings (SSSR count). The summed E-state index contributed by atoms with van der Waals surface area (Å²) in [6.45, 7) is -0.0574. The molecule has 0 saturated heterocycles. The maximum Gasteiger partial charge on any atom is 0.433 e. The molecule has 0 atom stereocenters. The highest BCUT2D eigenvalue weighted by Crippen LogP contribution is 2.30. The highest BCUT2D eigenvalue weighted by atomic mass is 19.4. The van der Waals surface area contributed by atoms with Gasteiger partial charge in [-0.15, -0.1) is 0 Å². The Kier molecular flexibility index (Phi) is 6.49. The standard InChI is InChI=1S/C17H18F3NO5/c1-25-7-8-26-9-11-10(5-6-14(21-11)17(18,19)20)16(24)15-12(22)3-2-4-13(15)23/h5-6,22H,2-4,7-9H2,1H3. The zero-order valence-corrected chi connectivity index (χ0v) is 14.1. The molecular formula is C17H18F3NO5. The first-order chi connectivity index (χ1) is 12.3. The maximum atomic E-state index is 12.9. The third kappa shape index (κ3) is 4.67. The number of halogens is 3. The third-order valence-corrected chi connectivity index (χ3v) is 3.79. The number of ether oxygens (including phenoxy) is 2. The molecule has 0 radical (unpaired) electrons. The first-order valence-corrected chi connectivity index (χ1v) is 7.89. The van der Waals surface area contributed by atoms with E-state index >= 15 is 0 Å². The predicted molar refractivity (Wildman–Crippen MR) is 83.6 cm³/mol. The topological polar surface area (TPSA) is 85.7 Å². The number of aliphatic hydroxyl groups is 1. The molecule has 26 heavy (non-hydrogen) atoms. The van der Waals surface area contributed by atoms with Crippen molar-refractivity contribution in [3.05, 3.63) is 40.4 Å². The first kappa shape index (κ1) is 20.1. The summed E-state index contributed by atoms with van der Waals surface area (Å²) in [5, 5.41) is 9.88. The van der Waals surface area contributed by atoms with Gasteiger partial charge in [-0.2, -0.15) is 13.2 Å². The molecule has 1 aromatic rings. The lowest BCUT2D eigenvalue weighted by Crippen LogP contribution is -2.22. The quantitative estimate of drug-likeness (QED) is 0.449. The van der Waals surface area contributed by atoms with Crippen molar-refractivity contribution in [2.45, 2.75) is 32.0 Å². The lowest BCUT2D eigenvalue weighted by Gasteiger charge is -2.16. The van der Waals surface area contributed by atoms with Gasteiger partial charge in [0.05, 0.1) is 25.5 Å². The second kappa shape index (κ2) is 8.41. The minimum absolute atomic E-state index is 0.0922. The molecule has 1 N–H and O–H groups in total. The highest BCUT2D eigenvalue weighted by molar-refractivity contribution is 6.27. The molecule has 9 heteroatoms. The molecular weight excluding hydrogens is 355 g/mol. The molecule has 0 unspecified atom stereocenters. The summed E-state index contributed by atoms with van der Waals surface area (Å²) in [5.74, 6) is -1.74. The summed E-state index contributed by atoms with van der Waals surface area (Å²) in [6, 6.07) is 1.62. The second-order valence-corrected chi connectivity index (χ2v) is 5.66. The number of nitrogens with zero attached hydrogens (tertiary/aromatic N) is 1. The van der Waals surface area contributed by atoms with Crippen LogP contribution >= 0.6 is 0 Å². The van der Waals surface area contributed by atoms with Crippen molar-refractivity contribution in [3.8, 4) is 0 Å². The molecule has 0 amide bonds. The first-order valence-electron chi connectivity index (χ1n) is 7.89. The van der Waals surface area contributed by atoms with Crippen molar-refractivity contribution in [2.24, 2.45) is 0 Å². The number of Topliss-reactive ketones (excluding diaryl/α,β-unsaturated/α-hetero) is 2. The Bertz CT molecular complexity index is 728. The van der Waals surface area contributed by atoms with Crippen LogP contribution in [0.4, 0.5) is 13.2 Å². The number of aromatic nitrogens is 1. The fourth-order valence-corrected chi connectivity index (χ4v) is 2.51. The molecule has 1 heterocycles. The number of hydrogen-bond acceptors (Lipinski definition) is 6. The SMILES string of the molecule is COCCOCc1nc(C(F)(F)F)ccc1C(=O)C1=C(O)CCCC1=O. The highest BCUT2D eigenvalue weighted by Gasteiger charge is 2.35. The minimum Gasteiger partial charge on any atom is -0.511 e. The van der Waals surface area contributed by atoms with E-state index in [1.54, 1.807) is 0 Å². The van der Waals surface area contributed by atoms with E-state index in [-0.39, 0.29) is 49.7 Å². The van der Waals surface area contributed by atoms with Gasteiger partial charge in [0.15, 0.2) is 5.78 Å².